The molecule has 2 aromatic rings. The molecule has 0 amide bonds. The lowest BCUT2D eigenvalue weighted by molar-refractivity contribution is 0.259. The molecule has 36 heavy (non-hydrogen) atoms. The minimum absolute atomic E-state index is 0.519. The van der Waals surface area contributed by atoms with Gasteiger partial charge >= 0.3 is 0 Å². The van der Waals surface area contributed by atoms with Crippen molar-refractivity contribution in [1.82, 2.24) is 0 Å². The van der Waals surface area contributed by atoms with Crippen molar-refractivity contribution >= 4 is 6.08 Å². The Morgan fingerprint density at radius 1 is 0.778 bits per heavy atom. The normalized spacial score (nSPS) is 24.3. The zero-order valence-corrected chi connectivity index (χ0v) is 22.8. The molecule has 0 heterocycles. The second-order valence-electron chi connectivity index (χ2n) is 11.3. The quantitative estimate of drug-likeness (QED) is 0.215. The van der Waals surface area contributed by atoms with Gasteiger partial charge in [0, 0.05) is 5.92 Å². The number of rotatable bonds is 12. The summed E-state index contributed by atoms with van der Waals surface area (Å²) in [5.41, 5.74) is 4.28. The van der Waals surface area contributed by atoms with E-state index in [2.05, 4.69) is 86.7 Å². The zero-order chi connectivity index (χ0) is 25.0. The lowest BCUT2D eigenvalue weighted by atomic mass is 9.77. The van der Waals surface area contributed by atoms with Gasteiger partial charge in [0.15, 0.2) is 0 Å². The maximum Gasteiger partial charge on any atom is 0.119 e. The molecule has 2 unspecified atom stereocenters. The van der Waals surface area contributed by atoms with Crippen molar-refractivity contribution in [2.75, 3.05) is 6.61 Å². The molecular formula is C35H48O. The Bertz CT molecular complexity index is 928. The van der Waals surface area contributed by atoms with E-state index in [0.717, 1.165) is 30.6 Å². The van der Waals surface area contributed by atoms with E-state index < -0.39 is 0 Å². The van der Waals surface area contributed by atoms with Crippen LogP contribution in [-0.4, -0.2) is 6.61 Å². The Morgan fingerprint density at radius 2 is 1.56 bits per heavy atom. The highest BCUT2D eigenvalue weighted by molar-refractivity contribution is 5.50. The van der Waals surface area contributed by atoms with Crippen LogP contribution in [0.25, 0.3) is 6.08 Å². The summed E-state index contributed by atoms with van der Waals surface area (Å²) in [6.07, 6.45) is 25.5. The summed E-state index contributed by atoms with van der Waals surface area (Å²) in [5.74, 6) is 3.82. The van der Waals surface area contributed by atoms with Crippen molar-refractivity contribution in [3.8, 4) is 5.75 Å². The van der Waals surface area contributed by atoms with Gasteiger partial charge in [0.25, 0.3) is 0 Å². The van der Waals surface area contributed by atoms with Gasteiger partial charge in [-0.1, -0.05) is 107 Å². The molecule has 0 bridgehead atoms. The predicted molar refractivity (Wildman–Crippen MR) is 156 cm³/mol. The van der Waals surface area contributed by atoms with Crippen LogP contribution in [0.4, 0.5) is 0 Å². The predicted octanol–water partition coefficient (Wildman–Crippen LogP) is 10.2. The zero-order valence-electron chi connectivity index (χ0n) is 22.8. The molecule has 1 heteroatoms. The maximum absolute atomic E-state index is 6.06. The first kappa shape index (κ1) is 26.8. The molecule has 1 fully saturated rings. The number of hydrogen-bond acceptors (Lipinski definition) is 1. The monoisotopic (exact) mass is 484 g/mol. The standard InChI is InChI=1S/C35H48O/c1-3-5-6-8-29-15-21-33(22-16-29)34-23-17-31(18-24-34)10-9-30-11-13-32(14-12-30)27-36-35-25-19-28(7-4-2)20-26-35/h9-11,13,17-20,23-26,29-30,32-33H,3-8,12,14-16,21-22,27H2,1-2H3. The second kappa shape index (κ2) is 14.5. The van der Waals surface area contributed by atoms with Crippen LogP contribution in [0.5, 0.6) is 5.75 Å². The van der Waals surface area contributed by atoms with Gasteiger partial charge in [-0.2, -0.15) is 0 Å². The first-order valence-electron chi connectivity index (χ1n) is 14.9. The van der Waals surface area contributed by atoms with E-state index in [1.165, 1.54) is 81.8 Å². The van der Waals surface area contributed by atoms with Crippen LogP contribution in [-0.2, 0) is 6.42 Å². The molecule has 0 aliphatic heterocycles. The third kappa shape index (κ3) is 8.39. The van der Waals surface area contributed by atoms with Crippen LogP contribution in [0.2, 0.25) is 0 Å². The first-order valence-corrected chi connectivity index (χ1v) is 14.9. The highest BCUT2D eigenvalue weighted by Gasteiger charge is 2.22. The molecule has 0 N–H and O–H groups in total. The van der Waals surface area contributed by atoms with Gasteiger partial charge in [0.05, 0.1) is 6.61 Å². The topological polar surface area (TPSA) is 9.23 Å². The van der Waals surface area contributed by atoms with Crippen molar-refractivity contribution in [1.29, 1.82) is 0 Å². The summed E-state index contributed by atoms with van der Waals surface area (Å²) in [7, 11) is 0. The van der Waals surface area contributed by atoms with Crippen LogP contribution in [0.3, 0.4) is 0 Å². The van der Waals surface area contributed by atoms with E-state index in [1.807, 2.05) is 0 Å². The lowest BCUT2D eigenvalue weighted by Gasteiger charge is -2.29. The summed E-state index contributed by atoms with van der Waals surface area (Å²) in [6.45, 7) is 5.31. The molecule has 4 rings (SSSR count). The van der Waals surface area contributed by atoms with Crippen LogP contribution < -0.4 is 4.74 Å². The van der Waals surface area contributed by atoms with Crippen molar-refractivity contribution in [3.05, 3.63) is 83.4 Å². The summed E-state index contributed by atoms with van der Waals surface area (Å²) < 4.78 is 6.06. The summed E-state index contributed by atoms with van der Waals surface area (Å²) in [6, 6.07) is 18.1. The Morgan fingerprint density at radius 3 is 2.22 bits per heavy atom. The minimum Gasteiger partial charge on any atom is -0.493 e. The molecular weight excluding hydrogens is 436 g/mol. The van der Waals surface area contributed by atoms with Gasteiger partial charge in [-0.3, -0.25) is 0 Å². The van der Waals surface area contributed by atoms with E-state index in [1.54, 1.807) is 5.56 Å². The molecule has 0 spiro atoms. The van der Waals surface area contributed by atoms with Gasteiger partial charge in [-0.15, -0.1) is 0 Å². The largest absolute Gasteiger partial charge is 0.493 e. The van der Waals surface area contributed by atoms with E-state index in [0.29, 0.717) is 11.8 Å². The van der Waals surface area contributed by atoms with Gasteiger partial charge in [-0.25, -0.2) is 0 Å². The molecule has 1 saturated carbocycles. The Balaban J connectivity index is 1.18. The minimum atomic E-state index is 0.519. The van der Waals surface area contributed by atoms with Crippen LogP contribution in [0.1, 0.15) is 107 Å². The average molecular weight is 485 g/mol. The highest BCUT2D eigenvalue weighted by Crippen LogP contribution is 2.38. The Kier molecular flexibility index (Phi) is 10.8. The van der Waals surface area contributed by atoms with Crippen LogP contribution in [0, 0.1) is 17.8 Å². The summed E-state index contributed by atoms with van der Waals surface area (Å²) in [5, 5.41) is 0. The van der Waals surface area contributed by atoms with Gasteiger partial charge < -0.3 is 4.74 Å². The third-order valence-electron chi connectivity index (χ3n) is 8.43. The maximum atomic E-state index is 6.06. The SMILES string of the molecule is CCCCCC1CCC(c2ccc(C=CC3C=CC(COc4ccc(CCC)cc4)CC3)cc2)CC1. The summed E-state index contributed by atoms with van der Waals surface area (Å²) in [4.78, 5) is 0. The highest BCUT2D eigenvalue weighted by atomic mass is 16.5. The molecule has 0 aromatic heterocycles. The number of ether oxygens (including phenoxy) is 1. The van der Waals surface area contributed by atoms with E-state index in [4.69, 9.17) is 4.74 Å². The molecule has 2 atom stereocenters. The van der Waals surface area contributed by atoms with Crippen molar-refractivity contribution in [3.63, 3.8) is 0 Å². The number of unbranched alkanes of at least 4 members (excludes halogenated alkanes) is 2. The number of allylic oxidation sites excluding steroid dienone is 2. The number of aryl methyl sites for hydroxylation is 1. The fourth-order valence-electron chi connectivity index (χ4n) is 6.02. The fraction of sp³-hybridized carbons (Fsp3) is 0.543. The average Bonchev–Trinajstić information content (AvgIpc) is 2.93. The van der Waals surface area contributed by atoms with E-state index >= 15 is 0 Å². The molecule has 2 aromatic carbocycles. The van der Waals surface area contributed by atoms with Crippen molar-refractivity contribution in [2.24, 2.45) is 17.8 Å². The number of hydrogen-bond donors (Lipinski definition) is 0. The van der Waals surface area contributed by atoms with Gasteiger partial charge in [0.2, 0.25) is 0 Å². The third-order valence-corrected chi connectivity index (χ3v) is 8.43. The molecule has 0 saturated heterocycles. The molecule has 194 valence electrons. The smallest absolute Gasteiger partial charge is 0.119 e. The van der Waals surface area contributed by atoms with Crippen LogP contribution in [0.15, 0.2) is 66.8 Å². The first-order chi connectivity index (χ1) is 17.7. The second-order valence-corrected chi connectivity index (χ2v) is 11.3. The van der Waals surface area contributed by atoms with Crippen molar-refractivity contribution in [2.45, 2.75) is 96.8 Å². The van der Waals surface area contributed by atoms with E-state index in [-0.39, 0.29) is 0 Å². The lowest BCUT2D eigenvalue weighted by Crippen LogP contribution is -2.14. The van der Waals surface area contributed by atoms with Crippen LogP contribution >= 0.6 is 0 Å². The van der Waals surface area contributed by atoms with Crippen molar-refractivity contribution < 1.29 is 4.74 Å². The molecule has 2 aliphatic carbocycles. The van der Waals surface area contributed by atoms with Gasteiger partial charge in [-0.05, 0) is 91.5 Å². The molecule has 1 nitrogen and oxygen atoms in total. The molecule has 2 aliphatic rings. The number of benzene rings is 2. The molecule has 0 radical (unpaired) electrons. The summed E-state index contributed by atoms with van der Waals surface area (Å²) >= 11 is 0. The Hall–Kier alpha value is -2.28. The Labute approximate surface area is 221 Å². The van der Waals surface area contributed by atoms with E-state index in [9.17, 15) is 0 Å². The fourth-order valence-corrected chi connectivity index (χ4v) is 6.02. The van der Waals surface area contributed by atoms with Gasteiger partial charge in [0.1, 0.15) is 5.75 Å².